The summed E-state index contributed by atoms with van der Waals surface area (Å²) in [6.45, 7) is 4.85. The van der Waals surface area contributed by atoms with Gasteiger partial charge in [-0.2, -0.15) is 0 Å². The molecular weight excluding hydrogens is 270 g/mol. The molecular formula is C13H14F2N2O3. The lowest BCUT2D eigenvalue weighted by Gasteiger charge is -2.16. The number of carbonyl (C=O) groups excluding carboxylic acids is 1. The number of carbonyl (C=O) groups is 1. The average molecular weight is 284 g/mol. The van der Waals surface area contributed by atoms with Gasteiger partial charge in [0, 0.05) is 13.1 Å². The SMILES string of the molecule is CC1CN(C(=O)c2cc(F)c(F)cc2[N+](=O)[O-])CC1C. The zero-order valence-electron chi connectivity index (χ0n) is 11.1. The topological polar surface area (TPSA) is 63.5 Å². The van der Waals surface area contributed by atoms with Crippen molar-refractivity contribution in [2.75, 3.05) is 13.1 Å². The van der Waals surface area contributed by atoms with Crippen LogP contribution in [-0.4, -0.2) is 28.8 Å². The Kier molecular flexibility index (Phi) is 3.69. The van der Waals surface area contributed by atoms with E-state index in [0.717, 1.165) is 0 Å². The highest BCUT2D eigenvalue weighted by Gasteiger charge is 2.33. The largest absolute Gasteiger partial charge is 0.338 e. The van der Waals surface area contributed by atoms with Crippen molar-refractivity contribution in [1.29, 1.82) is 0 Å². The third-order valence-corrected chi connectivity index (χ3v) is 3.74. The summed E-state index contributed by atoms with van der Waals surface area (Å²) in [4.78, 5) is 23.7. The number of benzene rings is 1. The van der Waals surface area contributed by atoms with Crippen molar-refractivity contribution < 1.29 is 18.5 Å². The first-order valence-corrected chi connectivity index (χ1v) is 6.24. The fourth-order valence-corrected chi connectivity index (χ4v) is 2.32. The molecule has 2 unspecified atom stereocenters. The molecule has 108 valence electrons. The molecule has 2 rings (SSSR count). The van der Waals surface area contributed by atoms with E-state index in [-0.39, 0.29) is 11.8 Å². The van der Waals surface area contributed by atoms with Crippen LogP contribution < -0.4 is 0 Å². The second-order valence-electron chi connectivity index (χ2n) is 5.21. The van der Waals surface area contributed by atoms with Crippen LogP contribution in [0.1, 0.15) is 24.2 Å². The molecule has 0 aromatic heterocycles. The predicted molar refractivity (Wildman–Crippen MR) is 67.2 cm³/mol. The van der Waals surface area contributed by atoms with Crippen LogP contribution in [0.4, 0.5) is 14.5 Å². The molecule has 0 bridgehead atoms. The Hall–Kier alpha value is -2.05. The van der Waals surface area contributed by atoms with Crippen molar-refractivity contribution in [3.63, 3.8) is 0 Å². The van der Waals surface area contributed by atoms with Gasteiger partial charge in [-0.25, -0.2) is 8.78 Å². The zero-order valence-corrected chi connectivity index (χ0v) is 11.1. The van der Waals surface area contributed by atoms with Gasteiger partial charge >= 0.3 is 0 Å². The van der Waals surface area contributed by atoms with E-state index in [9.17, 15) is 23.7 Å². The third-order valence-electron chi connectivity index (χ3n) is 3.74. The Morgan fingerprint density at radius 1 is 1.25 bits per heavy atom. The monoisotopic (exact) mass is 284 g/mol. The van der Waals surface area contributed by atoms with E-state index in [1.54, 1.807) is 0 Å². The molecule has 0 spiro atoms. The maximum Gasteiger partial charge on any atom is 0.285 e. The highest BCUT2D eigenvalue weighted by molar-refractivity contribution is 5.98. The van der Waals surface area contributed by atoms with Crippen LogP contribution in [0.3, 0.4) is 0 Å². The van der Waals surface area contributed by atoms with E-state index in [1.165, 1.54) is 4.90 Å². The molecule has 7 heteroatoms. The summed E-state index contributed by atoms with van der Waals surface area (Å²) in [6, 6.07) is 1.05. The Morgan fingerprint density at radius 2 is 1.75 bits per heavy atom. The van der Waals surface area contributed by atoms with Crippen molar-refractivity contribution in [2.24, 2.45) is 11.8 Å². The fourth-order valence-electron chi connectivity index (χ4n) is 2.32. The molecule has 1 amide bonds. The zero-order chi connectivity index (χ0) is 15.0. The number of hydrogen-bond donors (Lipinski definition) is 0. The number of rotatable bonds is 2. The summed E-state index contributed by atoms with van der Waals surface area (Å²) >= 11 is 0. The molecule has 1 aromatic rings. The molecule has 5 nitrogen and oxygen atoms in total. The maximum absolute atomic E-state index is 13.3. The second kappa shape index (κ2) is 5.15. The van der Waals surface area contributed by atoms with Gasteiger partial charge in [-0.15, -0.1) is 0 Å². The summed E-state index contributed by atoms with van der Waals surface area (Å²) in [5.74, 6) is -2.70. The first-order chi connectivity index (χ1) is 9.31. The molecule has 1 heterocycles. The van der Waals surface area contributed by atoms with E-state index < -0.39 is 33.7 Å². The molecule has 0 N–H and O–H groups in total. The molecule has 2 atom stereocenters. The van der Waals surface area contributed by atoms with Gasteiger partial charge in [0.25, 0.3) is 11.6 Å². The number of nitro groups is 1. The summed E-state index contributed by atoms with van der Waals surface area (Å²) in [6.07, 6.45) is 0. The molecule has 1 saturated heterocycles. The van der Waals surface area contributed by atoms with Gasteiger partial charge in [0.2, 0.25) is 0 Å². The Labute approximate surface area is 114 Å². The van der Waals surface area contributed by atoms with Crippen molar-refractivity contribution in [3.05, 3.63) is 39.4 Å². The minimum atomic E-state index is -1.34. The first-order valence-electron chi connectivity index (χ1n) is 6.24. The molecule has 1 aliphatic rings. The summed E-state index contributed by atoms with van der Waals surface area (Å²) in [7, 11) is 0. The third kappa shape index (κ3) is 2.48. The van der Waals surface area contributed by atoms with Crippen molar-refractivity contribution >= 4 is 11.6 Å². The van der Waals surface area contributed by atoms with E-state index in [2.05, 4.69) is 0 Å². The van der Waals surface area contributed by atoms with Gasteiger partial charge in [-0.3, -0.25) is 14.9 Å². The number of hydrogen-bond acceptors (Lipinski definition) is 3. The lowest BCUT2D eigenvalue weighted by Crippen LogP contribution is -2.29. The predicted octanol–water partition coefficient (Wildman–Crippen LogP) is 2.60. The lowest BCUT2D eigenvalue weighted by atomic mass is 10.0. The van der Waals surface area contributed by atoms with Crippen LogP contribution in [0.25, 0.3) is 0 Å². The van der Waals surface area contributed by atoms with Gasteiger partial charge in [0.1, 0.15) is 5.56 Å². The number of nitro benzene ring substituents is 1. The molecule has 0 aliphatic carbocycles. The fraction of sp³-hybridized carbons (Fsp3) is 0.462. The Balaban J connectivity index is 2.39. The molecule has 0 saturated carbocycles. The number of likely N-dealkylation sites (tertiary alicyclic amines) is 1. The number of amides is 1. The van der Waals surface area contributed by atoms with E-state index >= 15 is 0 Å². The van der Waals surface area contributed by atoms with Crippen LogP contribution in [-0.2, 0) is 0 Å². The summed E-state index contributed by atoms with van der Waals surface area (Å²) < 4.78 is 26.3. The van der Waals surface area contributed by atoms with Crippen molar-refractivity contribution in [2.45, 2.75) is 13.8 Å². The quantitative estimate of drug-likeness (QED) is 0.619. The van der Waals surface area contributed by atoms with E-state index in [0.29, 0.717) is 25.2 Å². The minimum Gasteiger partial charge on any atom is -0.338 e. The summed E-state index contributed by atoms with van der Waals surface area (Å²) in [5.41, 5.74) is -1.11. The van der Waals surface area contributed by atoms with Crippen molar-refractivity contribution in [3.8, 4) is 0 Å². The average Bonchev–Trinajstić information content (AvgIpc) is 2.71. The normalized spacial score (nSPS) is 22.1. The Morgan fingerprint density at radius 3 is 2.25 bits per heavy atom. The summed E-state index contributed by atoms with van der Waals surface area (Å²) in [5, 5.41) is 10.9. The molecule has 1 aliphatic heterocycles. The van der Waals surface area contributed by atoms with Gasteiger partial charge in [-0.05, 0) is 17.9 Å². The minimum absolute atomic E-state index is 0.267. The lowest BCUT2D eigenvalue weighted by molar-refractivity contribution is -0.385. The van der Waals surface area contributed by atoms with Gasteiger partial charge in [0.15, 0.2) is 11.6 Å². The standard InChI is InChI=1S/C13H14F2N2O3/c1-7-5-16(6-8(7)2)13(18)9-3-10(14)11(15)4-12(9)17(19)20/h3-4,7-8H,5-6H2,1-2H3. The van der Waals surface area contributed by atoms with Gasteiger partial charge < -0.3 is 4.90 Å². The number of nitrogens with zero attached hydrogens (tertiary/aromatic N) is 2. The van der Waals surface area contributed by atoms with Crippen molar-refractivity contribution in [1.82, 2.24) is 4.90 Å². The van der Waals surface area contributed by atoms with Crippen LogP contribution in [0, 0.1) is 33.6 Å². The van der Waals surface area contributed by atoms with Crippen LogP contribution in [0.2, 0.25) is 0 Å². The van der Waals surface area contributed by atoms with Gasteiger partial charge in [-0.1, -0.05) is 13.8 Å². The number of halogens is 2. The molecule has 0 radical (unpaired) electrons. The van der Waals surface area contributed by atoms with E-state index in [4.69, 9.17) is 0 Å². The Bertz CT molecular complexity index is 567. The molecule has 1 fully saturated rings. The smallest absolute Gasteiger partial charge is 0.285 e. The molecule has 20 heavy (non-hydrogen) atoms. The van der Waals surface area contributed by atoms with Crippen LogP contribution in [0.5, 0.6) is 0 Å². The second-order valence-corrected chi connectivity index (χ2v) is 5.21. The highest BCUT2D eigenvalue weighted by Crippen LogP contribution is 2.28. The highest BCUT2D eigenvalue weighted by atomic mass is 19.2. The van der Waals surface area contributed by atoms with Crippen LogP contribution >= 0.6 is 0 Å². The van der Waals surface area contributed by atoms with Crippen LogP contribution in [0.15, 0.2) is 12.1 Å². The first kappa shape index (κ1) is 14.4. The van der Waals surface area contributed by atoms with Gasteiger partial charge in [0.05, 0.1) is 11.0 Å². The molecule has 1 aromatic carbocycles. The van der Waals surface area contributed by atoms with E-state index in [1.807, 2.05) is 13.8 Å². The maximum atomic E-state index is 13.3.